The van der Waals surface area contributed by atoms with E-state index in [1.54, 1.807) is 12.3 Å². The van der Waals surface area contributed by atoms with Crippen LogP contribution in [0.3, 0.4) is 0 Å². The second-order valence-corrected chi connectivity index (χ2v) is 8.00. The molecule has 1 N–H and O–H groups in total. The summed E-state index contributed by atoms with van der Waals surface area (Å²) in [4.78, 5) is 17.8. The van der Waals surface area contributed by atoms with Crippen LogP contribution >= 0.6 is 0 Å². The minimum Gasteiger partial charge on any atom is -0.494 e. The molecular weight excluding hydrogens is 438 g/mol. The number of pyridine rings is 1. The van der Waals surface area contributed by atoms with Gasteiger partial charge >= 0.3 is 0 Å². The fourth-order valence-corrected chi connectivity index (χ4v) is 3.61. The number of amides is 1. The lowest BCUT2D eigenvalue weighted by molar-refractivity contribution is 0.0956. The summed E-state index contributed by atoms with van der Waals surface area (Å²) in [6, 6.07) is 24.7. The van der Waals surface area contributed by atoms with Gasteiger partial charge in [0.25, 0.3) is 5.91 Å². The number of nitrogens with one attached hydrogen (secondary N) is 1. The molecule has 0 radical (unpaired) electrons. The number of hydrazone groups is 1. The molecule has 0 unspecified atom stereocenters. The molecule has 0 atom stereocenters. The predicted octanol–water partition coefficient (Wildman–Crippen LogP) is 6.24. The molecule has 1 amide bonds. The Balaban J connectivity index is 1.51. The number of para-hydroxylation sites is 1. The molecule has 4 rings (SSSR count). The maximum atomic E-state index is 13.1. The van der Waals surface area contributed by atoms with Crippen LogP contribution in [0.2, 0.25) is 0 Å². The van der Waals surface area contributed by atoms with Gasteiger partial charge in [-0.15, -0.1) is 0 Å². The van der Waals surface area contributed by atoms with E-state index in [-0.39, 0.29) is 5.91 Å². The lowest BCUT2D eigenvalue weighted by Gasteiger charge is -2.10. The quantitative estimate of drug-likeness (QED) is 0.170. The zero-order valence-corrected chi connectivity index (χ0v) is 20.0. The third-order valence-electron chi connectivity index (χ3n) is 5.45. The lowest BCUT2D eigenvalue weighted by atomic mass is 10.0. The van der Waals surface area contributed by atoms with Crippen molar-refractivity contribution in [2.75, 3.05) is 13.2 Å². The molecule has 0 aliphatic rings. The van der Waals surface area contributed by atoms with Gasteiger partial charge in [-0.1, -0.05) is 31.5 Å². The van der Waals surface area contributed by atoms with Crippen molar-refractivity contribution in [1.29, 1.82) is 0 Å². The Hall–Kier alpha value is -4.19. The van der Waals surface area contributed by atoms with Crippen molar-refractivity contribution in [2.45, 2.75) is 26.7 Å². The zero-order chi connectivity index (χ0) is 24.5. The molecule has 0 aliphatic carbocycles. The number of nitrogens with zero attached hydrogens (tertiary/aromatic N) is 2. The van der Waals surface area contributed by atoms with Gasteiger partial charge < -0.3 is 9.47 Å². The Kier molecular flexibility index (Phi) is 8.07. The summed E-state index contributed by atoms with van der Waals surface area (Å²) >= 11 is 0. The van der Waals surface area contributed by atoms with E-state index in [1.165, 1.54) is 0 Å². The highest BCUT2D eigenvalue weighted by Crippen LogP contribution is 2.26. The van der Waals surface area contributed by atoms with E-state index in [0.29, 0.717) is 24.5 Å². The van der Waals surface area contributed by atoms with Gasteiger partial charge in [0, 0.05) is 10.9 Å². The third kappa shape index (κ3) is 6.23. The van der Waals surface area contributed by atoms with Crippen molar-refractivity contribution in [1.82, 2.24) is 10.4 Å². The number of fused-ring (bicyclic) bond motifs is 1. The molecule has 0 fully saturated rings. The van der Waals surface area contributed by atoms with Crippen LogP contribution in [-0.4, -0.2) is 30.3 Å². The fraction of sp³-hybridized carbons (Fsp3) is 0.207. The van der Waals surface area contributed by atoms with Gasteiger partial charge in [-0.2, -0.15) is 5.10 Å². The minimum atomic E-state index is -0.299. The number of aromatic nitrogens is 1. The molecule has 0 aliphatic heterocycles. The van der Waals surface area contributed by atoms with Gasteiger partial charge in [0.05, 0.1) is 36.2 Å². The van der Waals surface area contributed by atoms with Crippen LogP contribution in [0.25, 0.3) is 22.2 Å². The first-order valence-electron chi connectivity index (χ1n) is 11.9. The molecule has 1 heterocycles. The van der Waals surface area contributed by atoms with E-state index in [0.717, 1.165) is 46.4 Å². The van der Waals surface area contributed by atoms with Crippen LogP contribution in [0.4, 0.5) is 0 Å². The van der Waals surface area contributed by atoms with Gasteiger partial charge in [0.15, 0.2) is 0 Å². The summed E-state index contributed by atoms with van der Waals surface area (Å²) in [5, 5.41) is 4.93. The topological polar surface area (TPSA) is 72.8 Å². The molecule has 6 heteroatoms. The SMILES string of the molecule is CCCCOc1ccc(/C=N\NC(=O)c2cc(-c3ccc(OCC)cc3)nc3ccccc23)cc1. The summed E-state index contributed by atoms with van der Waals surface area (Å²) in [5.74, 6) is 1.32. The fourth-order valence-electron chi connectivity index (χ4n) is 3.61. The van der Waals surface area contributed by atoms with Crippen molar-refractivity contribution in [3.05, 3.63) is 90.0 Å². The Morgan fingerprint density at radius 3 is 2.40 bits per heavy atom. The summed E-state index contributed by atoms with van der Waals surface area (Å²) in [6.45, 7) is 5.39. The van der Waals surface area contributed by atoms with E-state index in [9.17, 15) is 4.79 Å². The number of hydrogen-bond donors (Lipinski definition) is 1. The normalized spacial score (nSPS) is 11.0. The highest BCUT2D eigenvalue weighted by atomic mass is 16.5. The van der Waals surface area contributed by atoms with E-state index >= 15 is 0 Å². The van der Waals surface area contributed by atoms with Crippen molar-refractivity contribution in [3.8, 4) is 22.8 Å². The second kappa shape index (κ2) is 11.8. The van der Waals surface area contributed by atoms with Crippen molar-refractivity contribution in [3.63, 3.8) is 0 Å². The van der Waals surface area contributed by atoms with Crippen molar-refractivity contribution >= 4 is 23.0 Å². The van der Waals surface area contributed by atoms with Gasteiger partial charge in [-0.3, -0.25) is 4.79 Å². The Bertz CT molecular complexity index is 1300. The molecular formula is C29H29N3O3. The first-order chi connectivity index (χ1) is 17.2. The van der Waals surface area contributed by atoms with E-state index in [2.05, 4.69) is 17.5 Å². The number of carbonyl (C=O) groups is 1. The molecule has 1 aromatic heterocycles. The first-order valence-corrected chi connectivity index (χ1v) is 11.9. The second-order valence-electron chi connectivity index (χ2n) is 8.00. The third-order valence-corrected chi connectivity index (χ3v) is 5.45. The van der Waals surface area contributed by atoms with Gasteiger partial charge in [0.1, 0.15) is 11.5 Å². The molecule has 0 saturated carbocycles. The number of carbonyl (C=O) groups excluding carboxylic acids is 1. The van der Waals surface area contributed by atoms with Gasteiger partial charge in [-0.25, -0.2) is 10.4 Å². The smallest absolute Gasteiger partial charge is 0.272 e. The largest absolute Gasteiger partial charge is 0.494 e. The lowest BCUT2D eigenvalue weighted by Crippen LogP contribution is -2.18. The average molecular weight is 468 g/mol. The molecule has 4 aromatic rings. The highest BCUT2D eigenvalue weighted by molar-refractivity contribution is 6.07. The first kappa shape index (κ1) is 24.0. The molecule has 0 bridgehead atoms. The van der Waals surface area contributed by atoms with Crippen LogP contribution < -0.4 is 14.9 Å². The summed E-state index contributed by atoms with van der Waals surface area (Å²) < 4.78 is 11.2. The Morgan fingerprint density at radius 2 is 1.66 bits per heavy atom. The maximum absolute atomic E-state index is 13.1. The number of unbranched alkanes of at least 4 members (excludes halogenated alkanes) is 1. The van der Waals surface area contributed by atoms with E-state index in [4.69, 9.17) is 14.5 Å². The van der Waals surface area contributed by atoms with E-state index < -0.39 is 0 Å². The Morgan fingerprint density at radius 1 is 0.943 bits per heavy atom. The number of hydrogen-bond acceptors (Lipinski definition) is 5. The predicted molar refractivity (Wildman–Crippen MR) is 140 cm³/mol. The summed E-state index contributed by atoms with van der Waals surface area (Å²) in [5.41, 5.74) is 6.38. The summed E-state index contributed by atoms with van der Waals surface area (Å²) in [6.07, 6.45) is 3.74. The van der Waals surface area contributed by atoms with Crippen molar-refractivity contribution in [2.24, 2.45) is 5.10 Å². The maximum Gasteiger partial charge on any atom is 0.272 e. The van der Waals surface area contributed by atoms with Gasteiger partial charge in [-0.05, 0) is 79.6 Å². The molecule has 3 aromatic carbocycles. The number of rotatable bonds is 10. The molecule has 0 spiro atoms. The van der Waals surface area contributed by atoms with Crippen LogP contribution in [0.5, 0.6) is 11.5 Å². The van der Waals surface area contributed by atoms with Crippen LogP contribution in [0.15, 0.2) is 84.0 Å². The Labute approximate surface area is 205 Å². The molecule has 178 valence electrons. The summed E-state index contributed by atoms with van der Waals surface area (Å²) in [7, 11) is 0. The van der Waals surface area contributed by atoms with Gasteiger partial charge in [0.2, 0.25) is 0 Å². The zero-order valence-electron chi connectivity index (χ0n) is 20.0. The number of benzene rings is 3. The molecule has 35 heavy (non-hydrogen) atoms. The minimum absolute atomic E-state index is 0.299. The van der Waals surface area contributed by atoms with Crippen LogP contribution in [0, 0.1) is 0 Å². The monoisotopic (exact) mass is 467 g/mol. The molecule has 0 saturated heterocycles. The van der Waals surface area contributed by atoms with Crippen LogP contribution in [0.1, 0.15) is 42.6 Å². The highest BCUT2D eigenvalue weighted by Gasteiger charge is 2.13. The number of ether oxygens (including phenoxy) is 2. The molecule has 6 nitrogen and oxygen atoms in total. The van der Waals surface area contributed by atoms with Crippen LogP contribution in [-0.2, 0) is 0 Å². The van der Waals surface area contributed by atoms with Crippen molar-refractivity contribution < 1.29 is 14.3 Å². The standard InChI is InChI=1S/C29H29N3O3/c1-3-5-18-35-24-14-10-21(11-15-24)20-30-32-29(33)26-19-28(31-27-9-7-6-8-25(26)27)22-12-16-23(17-13-22)34-4-2/h6-17,19-20H,3-5,18H2,1-2H3,(H,32,33)/b30-20-. The average Bonchev–Trinajstić information content (AvgIpc) is 2.89. The van der Waals surface area contributed by atoms with E-state index in [1.807, 2.05) is 79.7 Å².